The second-order valence-corrected chi connectivity index (χ2v) is 4.79. The Morgan fingerprint density at radius 3 is 2.87 bits per heavy atom. The van der Waals surface area contributed by atoms with E-state index in [0.717, 1.165) is 30.7 Å². The first-order valence-electron chi connectivity index (χ1n) is 5.65. The first kappa shape index (κ1) is 10.5. The fourth-order valence-corrected chi connectivity index (χ4v) is 1.66. The zero-order valence-electron chi connectivity index (χ0n) is 9.64. The maximum absolute atomic E-state index is 4.03. The molecule has 1 heterocycles. The smallest absolute Gasteiger partial charge is 0.165 e. The van der Waals surface area contributed by atoms with Gasteiger partial charge in [0.15, 0.2) is 5.82 Å². The van der Waals surface area contributed by atoms with Crippen molar-refractivity contribution in [3.63, 3.8) is 0 Å². The van der Waals surface area contributed by atoms with E-state index < -0.39 is 0 Å². The van der Waals surface area contributed by atoms with Crippen LogP contribution in [0.5, 0.6) is 0 Å². The molecule has 1 saturated carbocycles. The summed E-state index contributed by atoms with van der Waals surface area (Å²) in [4.78, 5) is 0. The molecule has 0 amide bonds. The predicted octanol–water partition coefficient (Wildman–Crippen LogP) is 0.827. The zero-order valence-corrected chi connectivity index (χ0v) is 9.64. The Bertz CT molecular complexity index is 319. The van der Waals surface area contributed by atoms with Crippen molar-refractivity contribution in [3.8, 4) is 0 Å². The Kier molecular flexibility index (Phi) is 3.00. The number of nitrogens with zero attached hydrogens (tertiary/aromatic N) is 4. The van der Waals surface area contributed by atoms with Crippen molar-refractivity contribution in [2.45, 2.75) is 46.3 Å². The molecule has 1 aliphatic carbocycles. The lowest BCUT2D eigenvalue weighted by molar-refractivity contribution is 0.482. The third kappa shape index (κ3) is 2.75. The molecule has 5 heteroatoms. The number of nitrogens with one attached hydrogen (secondary N) is 1. The maximum atomic E-state index is 4.03. The lowest BCUT2D eigenvalue weighted by Gasteiger charge is -2.07. The van der Waals surface area contributed by atoms with E-state index >= 15 is 0 Å². The van der Waals surface area contributed by atoms with Gasteiger partial charge in [-0.15, -0.1) is 5.10 Å². The van der Waals surface area contributed by atoms with E-state index in [4.69, 9.17) is 0 Å². The number of rotatable bonds is 5. The quantitative estimate of drug-likeness (QED) is 0.780. The molecule has 0 spiro atoms. The molecule has 15 heavy (non-hydrogen) atoms. The SMILES string of the molecule is CC(C)NCc1nnnn1CC1CC1C. The van der Waals surface area contributed by atoms with E-state index in [1.54, 1.807) is 0 Å². The molecule has 0 aromatic carbocycles. The molecule has 2 rings (SSSR count). The predicted molar refractivity (Wildman–Crippen MR) is 57.1 cm³/mol. The lowest BCUT2D eigenvalue weighted by atomic mass is 10.3. The summed E-state index contributed by atoms with van der Waals surface area (Å²) < 4.78 is 1.93. The normalized spacial score (nSPS) is 24.8. The molecule has 0 radical (unpaired) electrons. The van der Waals surface area contributed by atoms with E-state index in [0.29, 0.717) is 6.04 Å². The molecule has 1 N–H and O–H groups in total. The Morgan fingerprint density at radius 1 is 1.53 bits per heavy atom. The second kappa shape index (κ2) is 4.26. The summed E-state index contributed by atoms with van der Waals surface area (Å²) in [5, 5.41) is 15.1. The minimum Gasteiger partial charge on any atom is -0.308 e. The van der Waals surface area contributed by atoms with Crippen LogP contribution in [0.25, 0.3) is 0 Å². The number of hydrogen-bond acceptors (Lipinski definition) is 4. The minimum absolute atomic E-state index is 0.468. The number of aromatic nitrogens is 4. The second-order valence-electron chi connectivity index (χ2n) is 4.79. The molecule has 1 aromatic heterocycles. The van der Waals surface area contributed by atoms with Gasteiger partial charge in [-0.2, -0.15) is 0 Å². The molecule has 1 aromatic rings. The third-order valence-corrected chi connectivity index (χ3v) is 2.96. The van der Waals surface area contributed by atoms with Gasteiger partial charge in [0, 0.05) is 12.6 Å². The zero-order chi connectivity index (χ0) is 10.8. The summed E-state index contributed by atoms with van der Waals surface area (Å²) in [5.41, 5.74) is 0. The summed E-state index contributed by atoms with van der Waals surface area (Å²) in [6, 6.07) is 0.468. The fraction of sp³-hybridized carbons (Fsp3) is 0.900. The Hall–Kier alpha value is -0.970. The fourth-order valence-electron chi connectivity index (χ4n) is 1.66. The van der Waals surface area contributed by atoms with Gasteiger partial charge in [0.05, 0.1) is 6.54 Å². The van der Waals surface area contributed by atoms with Crippen LogP contribution in [-0.2, 0) is 13.1 Å². The average molecular weight is 209 g/mol. The van der Waals surface area contributed by atoms with Gasteiger partial charge < -0.3 is 5.32 Å². The van der Waals surface area contributed by atoms with Crippen molar-refractivity contribution in [1.29, 1.82) is 0 Å². The maximum Gasteiger partial charge on any atom is 0.165 e. The molecule has 1 fully saturated rings. The van der Waals surface area contributed by atoms with Gasteiger partial charge in [0.1, 0.15) is 0 Å². The molecule has 2 unspecified atom stereocenters. The van der Waals surface area contributed by atoms with Gasteiger partial charge in [-0.1, -0.05) is 20.8 Å². The van der Waals surface area contributed by atoms with Crippen LogP contribution < -0.4 is 5.32 Å². The molecule has 5 nitrogen and oxygen atoms in total. The highest BCUT2D eigenvalue weighted by Crippen LogP contribution is 2.38. The van der Waals surface area contributed by atoms with Crippen LogP contribution in [0.2, 0.25) is 0 Å². The highest BCUT2D eigenvalue weighted by atomic mass is 15.5. The van der Waals surface area contributed by atoms with E-state index in [9.17, 15) is 0 Å². The van der Waals surface area contributed by atoms with E-state index in [1.807, 2.05) is 4.68 Å². The van der Waals surface area contributed by atoms with Crippen LogP contribution >= 0.6 is 0 Å². The summed E-state index contributed by atoms with van der Waals surface area (Å²) in [7, 11) is 0. The van der Waals surface area contributed by atoms with Crippen molar-refractivity contribution in [2.75, 3.05) is 0 Å². The van der Waals surface area contributed by atoms with E-state index in [-0.39, 0.29) is 0 Å². The average Bonchev–Trinajstić information content (AvgIpc) is 2.71. The number of hydrogen-bond donors (Lipinski definition) is 1. The van der Waals surface area contributed by atoms with Gasteiger partial charge in [-0.05, 0) is 28.7 Å². The number of tetrazole rings is 1. The molecule has 0 saturated heterocycles. The summed E-state index contributed by atoms with van der Waals surface area (Å²) in [5.74, 6) is 2.58. The molecule has 84 valence electrons. The molecular formula is C10H19N5. The first-order chi connectivity index (χ1) is 7.16. The van der Waals surface area contributed by atoms with Crippen LogP contribution in [0.15, 0.2) is 0 Å². The monoisotopic (exact) mass is 209 g/mol. The summed E-state index contributed by atoms with van der Waals surface area (Å²) in [6.45, 7) is 8.25. The van der Waals surface area contributed by atoms with E-state index in [1.165, 1.54) is 6.42 Å². The van der Waals surface area contributed by atoms with Crippen LogP contribution in [0.3, 0.4) is 0 Å². The van der Waals surface area contributed by atoms with Crippen LogP contribution in [0.4, 0.5) is 0 Å². The minimum atomic E-state index is 0.468. The Labute approximate surface area is 90.2 Å². The van der Waals surface area contributed by atoms with Gasteiger partial charge in [0.2, 0.25) is 0 Å². The van der Waals surface area contributed by atoms with E-state index in [2.05, 4.69) is 41.6 Å². The van der Waals surface area contributed by atoms with Crippen LogP contribution in [0, 0.1) is 11.8 Å². The van der Waals surface area contributed by atoms with Gasteiger partial charge in [-0.25, -0.2) is 4.68 Å². The van der Waals surface area contributed by atoms with Crippen molar-refractivity contribution >= 4 is 0 Å². The molecule has 1 aliphatic rings. The Morgan fingerprint density at radius 2 is 2.27 bits per heavy atom. The first-order valence-corrected chi connectivity index (χ1v) is 5.65. The van der Waals surface area contributed by atoms with Gasteiger partial charge in [0.25, 0.3) is 0 Å². The Balaban J connectivity index is 1.90. The topological polar surface area (TPSA) is 55.6 Å². The van der Waals surface area contributed by atoms with Gasteiger partial charge in [-0.3, -0.25) is 0 Å². The lowest BCUT2D eigenvalue weighted by Crippen LogP contribution is -2.24. The third-order valence-electron chi connectivity index (χ3n) is 2.96. The van der Waals surface area contributed by atoms with Crippen LogP contribution in [0.1, 0.15) is 33.0 Å². The molecule has 0 bridgehead atoms. The molecule has 2 atom stereocenters. The highest BCUT2D eigenvalue weighted by molar-refractivity contribution is 4.87. The highest BCUT2D eigenvalue weighted by Gasteiger charge is 2.33. The summed E-state index contributed by atoms with van der Waals surface area (Å²) >= 11 is 0. The summed E-state index contributed by atoms with van der Waals surface area (Å²) in [6.07, 6.45) is 1.32. The van der Waals surface area contributed by atoms with Crippen molar-refractivity contribution in [3.05, 3.63) is 5.82 Å². The molecule has 0 aliphatic heterocycles. The van der Waals surface area contributed by atoms with Crippen molar-refractivity contribution in [1.82, 2.24) is 25.5 Å². The van der Waals surface area contributed by atoms with Crippen molar-refractivity contribution < 1.29 is 0 Å². The van der Waals surface area contributed by atoms with Crippen molar-refractivity contribution in [2.24, 2.45) is 11.8 Å². The van der Waals surface area contributed by atoms with Crippen LogP contribution in [-0.4, -0.2) is 26.2 Å². The largest absolute Gasteiger partial charge is 0.308 e. The standard InChI is InChI=1S/C10H19N5/c1-7(2)11-5-10-12-13-14-15(10)6-9-4-8(9)3/h7-9,11H,4-6H2,1-3H3. The molecular weight excluding hydrogens is 190 g/mol. The van der Waals surface area contributed by atoms with Gasteiger partial charge >= 0.3 is 0 Å².